The third-order valence-electron chi connectivity index (χ3n) is 1.73. The first-order valence-corrected chi connectivity index (χ1v) is 4.43. The second-order valence-electron chi connectivity index (χ2n) is 2.88. The van der Waals surface area contributed by atoms with Crippen LogP contribution in [0.2, 0.25) is 0 Å². The largest absolute Gasteiger partial charge is 0.384 e. The molecule has 0 fully saturated rings. The molecule has 1 atom stereocenters. The summed E-state index contributed by atoms with van der Waals surface area (Å²) in [5, 5.41) is 9.59. The lowest BCUT2D eigenvalue weighted by molar-refractivity contribution is 0.0399. The van der Waals surface area contributed by atoms with Gasteiger partial charge in [-0.05, 0) is 18.6 Å². The maximum atomic E-state index is 9.59. The number of aliphatic hydroxyl groups is 1. The summed E-state index contributed by atoms with van der Waals surface area (Å²) in [6.07, 6.45) is -0.611. The van der Waals surface area contributed by atoms with E-state index in [0.29, 0.717) is 18.9 Å². The van der Waals surface area contributed by atoms with E-state index >= 15 is 0 Å². The molecule has 1 aromatic heterocycles. The SMILES string of the molecule is Bc1cccc([C@H](O)COCC)n1. The quantitative estimate of drug-likeness (QED) is 0.628. The summed E-state index contributed by atoms with van der Waals surface area (Å²) in [6, 6.07) is 5.58. The van der Waals surface area contributed by atoms with Gasteiger partial charge in [0.1, 0.15) is 6.10 Å². The van der Waals surface area contributed by atoms with E-state index < -0.39 is 6.10 Å². The van der Waals surface area contributed by atoms with Crippen molar-refractivity contribution in [3.63, 3.8) is 0 Å². The van der Waals surface area contributed by atoms with Gasteiger partial charge in [-0.25, -0.2) is 0 Å². The van der Waals surface area contributed by atoms with Crippen molar-refractivity contribution in [1.82, 2.24) is 4.98 Å². The standard InChI is InChI=1S/C9H14BNO2/c1-2-13-6-8(12)7-4-3-5-9(10)11-7/h3-5,8,12H,2,6,10H2,1H3/t8-/m1/s1. The van der Waals surface area contributed by atoms with Gasteiger partial charge in [-0.3, -0.25) is 4.98 Å². The lowest BCUT2D eigenvalue weighted by atomic mass is 10.0. The van der Waals surface area contributed by atoms with Crippen molar-refractivity contribution in [2.45, 2.75) is 13.0 Å². The van der Waals surface area contributed by atoms with Crippen molar-refractivity contribution in [1.29, 1.82) is 0 Å². The van der Waals surface area contributed by atoms with E-state index in [1.165, 1.54) is 0 Å². The zero-order valence-corrected chi connectivity index (χ0v) is 8.03. The van der Waals surface area contributed by atoms with E-state index in [9.17, 15) is 5.11 Å². The zero-order valence-electron chi connectivity index (χ0n) is 8.03. The fraction of sp³-hybridized carbons (Fsp3) is 0.444. The molecule has 0 saturated carbocycles. The topological polar surface area (TPSA) is 42.4 Å². The first-order chi connectivity index (χ1) is 6.24. The van der Waals surface area contributed by atoms with Crippen LogP contribution in [0.4, 0.5) is 0 Å². The summed E-state index contributed by atoms with van der Waals surface area (Å²) in [7, 11) is 1.90. The molecule has 4 heteroatoms. The van der Waals surface area contributed by atoms with Crippen LogP contribution in [0, 0.1) is 0 Å². The van der Waals surface area contributed by atoms with Gasteiger partial charge < -0.3 is 9.84 Å². The van der Waals surface area contributed by atoms with Crippen molar-refractivity contribution in [2.24, 2.45) is 0 Å². The summed E-state index contributed by atoms with van der Waals surface area (Å²) < 4.78 is 5.10. The molecule has 0 radical (unpaired) electrons. The van der Waals surface area contributed by atoms with Crippen molar-refractivity contribution in [3.8, 4) is 0 Å². The van der Waals surface area contributed by atoms with Gasteiger partial charge in [0.15, 0.2) is 7.85 Å². The Morgan fingerprint density at radius 2 is 2.38 bits per heavy atom. The Morgan fingerprint density at radius 1 is 1.62 bits per heavy atom. The van der Waals surface area contributed by atoms with Gasteiger partial charge >= 0.3 is 0 Å². The highest BCUT2D eigenvalue weighted by Crippen LogP contribution is 2.07. The molecule has 13 heavy (non-hydrogen) atoms. The number of hydrogen-bond donors (Lipinski definition) is 1. The Bertz CT molecular complexity index is 268. The molecule has 0 saturated heterocycles. The molecule has 0 aliphatic heterocycles. The number of pyridine rings is 1. The average molecular weight is 179 g/mol. The molecule has 0 unspecified atom stereocenters. The van der Waals surface area contributed by atoms with Crippen LogP contribution < -0.4 is 5.59 Å². The predicted octanol–water partition coefficient (Wildman–Crippen LogP) is -0.590. The molecule has 1 aromatic rings. The summed E-state index contributed by atoms with van der Waals surface area (Å²) in [5.41, 5.74) is 1.58. The van der Waals surface area contributed by atoms with Crippen LogP contribution in [0.15, 0.2) is 18.2 Å². The van der Waals surface area contributed by atoms with Crippen LogP contribution >= 0.6 is 0 Å². The number of aliphatic hydroxyl groups excluding tert-OH is 1. The molecule has 0 amide bonds. The maximum Gasteiger partial charge on any atom is 0.163 e. The fourth-order valence-corrected chi connectivity index (χ4v) is 1.06. The van der Waals surface area contributed by atoms with Gasteiger partial charge in [0.25, 0.3) is 0 Å². The molecule has 0 aromatic carbocycles. The van der Waals surface area contributed by atoms with Gasteiger partial charge in [0.05, 0.1) is 12.3 Å². The van der Waals surface area contributed by atoms with Crippen LogP contribution in [0.1, 0.15) is 18.7 Å². The molecule has 1 heterocycles. The Hall–Kier alpha value is -0.865. The lowest BCUT2D eigenvalue weighted by Crippen LogP contribution is -2.15. The van der Waals surface area contributed by atoms with E-state index in [-0.39, 0.29) is 0 Å². The molecule has 0 aliphatic carbocycles. The molecular weight excluding hydrogens is 165 g/mol. The van der Waals surface area contributed by atoms with Crippen molar-refractivity contribution >= 4 is 13.4 Å². The van der Waals surface area contributed by atoms with Gasteiger partial charge in [-0.1, -0.05) is 12.1 Å². The van der Waals surface area contributed by atoms with E-state index in [2.05, 4.69) is 4.98 Å². The highest BCUT2D eigenvalue weighted by Gasteiger charge is 2.07. The number of rotatable bonds is 4. The molecular formula is C9H14BNO2. The van der Waals surface area contributed by atoms with Crippen LogP contribution in [0.25, 0.3) is 0 Å². The first-order valence-electron chi connectivity index (χ1n) is 4.43. The third-order valence-corrected chi connectivity index (χ3v) is 1.73. The van der Waals surface area contributed by atoms with E-state index in [0.717, 1.165) is 5.59 Å². The fourth-order valence-electron chi connectivity index (χ4n) is 1.06. The van der Waals surface area contributed by atoms with Gasteiger partial charge in [-0.15, -0.1) is 0 Å². The average Bonchev–Trinajstić information content (AvgIpc) is 2.14. The Morgan fingerprint density at radius 3 is 3.00 bits per heavy atom. The Balaban J connectivity index is 2.60. The number of ether oxygens (including phenoxy) is 1. The highest BCUT2D eigenvalue weighted by atomic mass is 16.5. The number of aromatic nitrogens is 1. The smallest absolute Gasteiger partial charge is 0.163 e. The van der Waals surface area contributed by atoms with Crippen LogP contribution in [0.3, 0.4) is 0 Å². The highest BCUT2D eigenvalue weighted by molar-refractivity contribution is 6.30. The van der Waals surface area contributed by atoms with Crippen LogP contribution in [0.5, 0.6) is 0 Å². The maximum absolute atomic E-state index is 9.59. The first kappa shape index (κ1) is 10.2. The van der Waals surface area contributed by atoms with E-state index in [4.69, 9.17) is 4.74 Å². The van der Waals surface area contributed by atoms with Crippen molar-refractivity contribution in [3.05, 3.63) is 23.9 Å². The number of nitrogens with zero attached hydrogens (tertiary/aromatic N) is 1. The van der Waals surface area contributed by atoms with Gasteiger partial charge in [0, 0.05) is 6.61 Å². The lowest BCUT2D eigenvalue weighted by Gasteiger charge is -2.09. The third kappa shape index (κ3) is 3.16. The Labute approximate surface area is 79.2 Å². The van der Waals surface area contributed by atoms with Crippen LogP contribution in [-0.2, 0) is 4.74 Å². The normalized spacial score (nSPS) is 12.8. The molecule has 0 spiro atoms. The van der Waals surface area contributed by atoms with Crippen LogP contribution in [-0.4, -0.2) is 31.2 Å². The van der Waals surface area contributed by atoms with E-state index in [1.54, 1.807) is 6.07 Å². The second-order valence-corrected chi connectivity index (χ2v) is 2.88. The predicted molar refractivity (Wildman–Crippen MR) is 53.9 cm³/mol. The summed E-state index contributed by atoms with van der Waals surface area (Å²) in [4.78, 5) is 4.20. The molecule has 1 N–H and O–H groups in total. The molecule has 3 nitrogen and oxygen atoms in total. The molecule has 70 valence electrons. The zero-order chi connectivity index (χ0) is 9.68. The summed E-state index contributed by atoms with van der Waals surface area (Å²) in [6.45, 7) is 2.83. The minimum absolute atomic E-state index is 0.312. The molecule has 0 aliphatic rings. The minimum Gasteiger partial charge on any atom is -0.384 e. The minimum atomic E-state index is -0.611. The number of hydrogen-bond acceptors (Lipinski definition) is 3. The van der Waals surface area contributed by atoms with Crippen molar-refractivity contribution in [2.75, 3.05) is 13.2 Å². The van der Waals surface area contributed by atoms with Gasteiger partial charge in [-0.2, -0.15) is 0 Å². The van der Waals surface area contributed by atoms with Crippen molar-refractivity contribution < 1.29 is 9.84 Å². The molecule has 1 rings (SSSR count). The second kappa shape index (κ2) is 4.99. The van der Waals surface area contributed by atoms with Gasteiger partial charge in [0.2, 0.25) is 0 Å². The summed E-state index contributed by atoms with van der Waals surface area (Å²) >= 11 is 0. The Kier molecular flexibility index (Phi) is 3.92. The molecule has 0 bridgehead atoms. The monoisotopic (exact) mass is 179 g/mol. The summed E-state index contributed by atoms with van der Waals surface area (Å²) in [5.74, 6) is 0. The van der Waals surface area contributed by atoms with E-state index in [1.807, 2.05) is 26.9 Å².